The normalized spacial score (nSPS) is 46.0. The van der Waals surface area contributed by atoms with E-state index >= 15 is 0 Å². The van der Waals surface area contributed by atoms with Crippen molar-refractivity contribution in [2.75, 3.05) is 0 Å². The molecule has 1 unspecified atom stereocenters. The molecule has 200 valence electrons. The first-order valence-corrected chi connectivity index (χ1v) is 14.1. The van der Waals surface area contributed by atoms with Crippen LogP contribution in [0.3, 0.4) is 0 Å². The Morgan fingerprint density at radius 2 is 1.62 bits per heavy atom. The predicted molar refractivity (Wildman–Crippen MR) is 141 cm³/mol. The second kappa shape index (κ2) is 7.45. The van der Waals surface area contributed by atoms with Gasteiger partial charge in [-0.1, -0.05) is 48.5 Å². The Labute approximate surface area is 221 Å². The molecule has 3 saturated carbocycles. The number of fused-ring (bicyclic) bond motifs is 7. The van der Waals surface area contributed by atoms with E-state index in [1.165, 1.54) is 0 Å². The number of carbonyl (C=O) groups is 3. The number of ketones is 2. The van der Waals surface area contributed by atoms with Crippen LogP contribution in [-0.2, 0) is 14.4 Å². The van der Waals surface area contributed by atoms with Gasteiger partial charge in [-0.3, -0.25) is 14.4 Å². The molecular weight excluding hydrogens is 462 g/mol. The van der Waals surface area contributed by atoms with Crippen LogP contribution in [0.25, 0.3) is 0 Å². The molecule has 37 heavy (non-hydrogen) atoms. The molecule has 0 bridgehead atoms. The van der Waals surface area contributed by atoms with Crippen molar-refractivity contribution < 1.29 is 19.5 Å². The first-order valence-electron chi connectivity index (χ1n) is 14.1. The number of aliphatic carboxylic acids is 1. The Morgan fingerprint density at radius 1 is 1.00 bits per heavy atom. The van der Waals surface area contributed by atoms with E-state index in [-0.39, 0.29) is 51.1 Å². The second-order valence-electron chi connectivity index (χ2n) is 15.1. The van der Waals surface area contributed by atoms with Gasteiger partial charge in [-0.15, -0.1) is 0 Å². The lowest BCUT2D eigenvalue weighted by Gasteiger charge is -2.69. The fourth-order valence-electron chi connectivity index (χ4n) is 10.3. The molecule has 0 radical (unpaired) electrons. The summed E-state index contributed by atoms with van der Waals surface area (Å²) in [6, 6.07) is 2.22. The molecule has 3 fully saturated rings. The molecule has 0 spiro atoms. The summed E-state index contributed by atoms with van der Waals surface area (Å²) in [7, 11) is 0. The van der Waals surface area contributed by atoms with Crippen LogP contribution in [-0.4, -0.2) is 22.6 Å². The zero-order valence-corrected chi connectivity index (χ0v) is 23.9. The Bertz CT molecular complexity index is 1230. The third-order valence-corrected chi connectivity index (χ3v) is 12.9. The average Bonchev–Trinajstić information content (AvgIpc) is 2.79. The van der Waals surface area contributed by atoms with Crippen molar-refractivity contribution in [3.63, 3.8) is 0 Å². The smallest absolute Gasteiger partial charge is 0.309 e. The molecular formula is C32H43NO4. The minimum absolute atomic E-state index is 0.00542. The van der Waals surface area contributed by atoms with E-state index in [1.54, 1.807) is 0 Å². The van der Waals surface area contributed by atoms with Gasteiger partial charge in [-0.05, 0) is 97.2 Å². The fourth-order valence-corrected chi connectivity index (χ4v) is 10.3. The van der Waals surface area contributed by atoms with Gasteiger partial charge in [0.1, 0.15) is 6.07 Å². The molecule has 1 N–H and O–H groups in total. The summed E-state index contributed by atoms with van der Waals surface area (Å²) >= 11 is 0. The van der Waals surface area contributed by atoms with E-state index in [2.05, 4.69) is 40.7 Å². The highest BCUT2D eigenvalue weighted by molar-refractivity contribution is 6.05. The molecule has 0 aromatic carbocycles. The maximum Gasteiger partial charge on any atom is 0.309 e. The van der Waals surface area contributed by atoms with Crippen LogP contribution in [0.1, 0.15) is 100 Å². The molecule has 0 aliphatic heterocycles. The number of nitrogens with zero attached hydrogens (tertiary/aromatic N) is 1. The fraction of sp³-hybridized carbons (Fsp3) is 0.750. The van der Waals surface area contributed by atoms with Crippen molar-refractivity contribution in [2.45, 2.75) is 100 Å². The van der Waals surface area contributed by atoms with Gasteiger partial charge in [0.15, 0.2) is 11.6 Å². The molecule has 0 amide bonds. The number of hydrogen-bond donors (Lipinski definition) is 1. The van der Waals surface area contributed by atoms with Crippen LogP contribution in [0, 0.1) is 61.6 Å². The number of rotatable bonds is 1. The number of nitriles is 1. The molecule has 5 aliphatic carbocycles. The van der Waals surface area contributed by atoms with E-state index in [0.29, 0.717) is 19.3 Å². The number of Topliss-reactive ketones (excluding diaryl/α,β-unsaturated/α-hetero) is 1. The minimum Gasteiger partial charge on any atom is -0.481 e. The average molecular weight is 506 g/mol. The van der Waals surface area contributed by atoms with E-state index < -0.39 is 22.2 Å². The molecule has 0 aromatic rings. The zero-order valence-electron chi connectivity index (χ0n) is 23.9. The first kappa shape index (κ1) is 26.4. The van der Waals surface area contributed by atoms with Crippen molar-refractivity contribution >= 4 is 17.5 Å². The molecule has 5 rings (SSSR count). The van der Waals surface area contributed by atoms with Crippen LogP contribution in [0.2, 0.25) is 0 Å². The second-order valence-corrected chi connectivity index (χ2v) is 15.1. The Morgan fingerprint density at radius 3 is 2.22 bits per heavy atom. The third kappa shape index (κ3) is 2.94. The van der Waals surface area contributed by atoms with Crippen molar-refractivity contribution in [3.8, 4) is 6.07 Å². The number of carboxylic acid groups (broad SMARTS) is 1. The lowest BCUT2D eigenvalue weighted by Crippen LogP contribution is -2.66. The Balaban J connectivity index is 1.74. The summed E-state index contributed by atoms with van der Waals surface area (Å²) in [5, 5.41) is 20.5. The number of hydrogen-bond acceptors (Lipinski definition) is 4. The van der Waals surface area contributed by atoms with Crippen molar-refractivity contribution in [3.05, 3.63) is 22.8 Å². The lowest BCUT2D eigenvalue weighted by molar-refractivity contribution is -0.188. The number of carboxylic acids is 1. The monoisotopic (exact) mass is 505 g/mol. The van der Waals surface area contributed by atoms with Crippen LogP contribution in [0.5, 0.6) is 0 Å². The molecule has 5 nitrogen and oxygen atoms in total. The molecule has 0 aromatic heterocycles. The molecule has 0 heterocycles. The zero-order chi connectivity index (χ0) is 27.6. The Kier molecular flexibility index (Phi) is 5.32. The Hall–Kier alpha value is -2.22. The van der Waals surface area contributed by atoms with E-state index in [1.807, 2.05) is 26.8 Å². The lowest BCUT2D eigenvalue weighted by atomic mass is 9.33. The highest BCUT2D eigenvalue weighted by Crippen LogP contribution is 2.75. The SMILES string of the molecule is CC1=C(C#N)C(=O)C(C)(C)C2CC[C@]3(C)C(=CC(=O)[C@@H]4[C@H]5CC(C)(C)CC[C@]5(C(=O)O)CC[C@]43C)[C@@]12C. The van der Waals surface area contributed by atoms with Crippen molar-refractivity contribution in [2.24, 2.45) is 50.2 Å². The standard InChI is InChI=1S/C32H43NO4/c1-18-19(17-33)25(35)28(4,5)22-9-10-29(6)23(31(18,22)8)15-21(34)24-20-16-27(2,3)11-13-32(20,26(36)37)14-12-30(24,29)7/h15,20,22,24H,9-14,16H2,1-8H3,(H,36,37)/t20-,22?,24+,29-,30-,31+,32+/m1/s1. The van der Waals surface area contributed by atoms with Gasteiger partial charge < -0.3 is 5.11 Å². The van der Waals surface area contributed by atoms with Crippen LogP contribution < -0.4 is 0 Å². The molecule has 5 aliphatic rings. The molecule has 0 saturated heterocycles. The highest BCUT2D eigenvalue weighted by atomic mass is 16.4. The summed E-state index contributed by atoms with van der Waals surface area (Å²) in [5.74, 6) is -1.26. The third-order valence-electron chi connectivity index (χ3n) is 12.9. The van der Waals surface area contributed by atoms with Gasteiger partial charge in [0, 0.05) is 16.7 Å². The summed E-state index contributed by atoms with van der Waals surface area (Å²) in [6.45, 7) is 17.0. The van der Waals surface area contributed by atoms with Crippen molar-refractivity contribution in [1.29, 1.82) is 5.26 Å². The number of carbonyl (C=O) groups excluding carboxylic acids is 2. The molecule has 7 atom stereocenters. The van der Waals surface area contributed by atoms with Gasteiger partial charge in [-0.2, -0.15) is 5.26 Å². The summed E-state index contributed by atoms with van der Waals surface area (Å²) in [4.78, 5) is 40.5. The van der Waals surface area contributed by atoms with Crippen LogP contribution in [0.4, 0.5) is 0 Å². The van der Waals surface area contributed by atoms with Gasteiger partial charge in [0.05, 0.1) is 11.0 Å². The first-order chi connectivity index (χ1) is 16.9. The summed E-state index contributed by atoms with van der Waals surface area (Å²) in [5.41, 5.74) is -0.662. The van der Waals surface area contributed by atoms with Gasteiger partial charge in [0.25, 0.3) is 0 Å². The van der Waals surface area contributed by atoms with Crippen LogP contribution in [0.15, 0.2) is 22.8 Å². The number of allylic oxidation sites excluding steroid dienone is 4. The van der Waals surface area contributed by atoms with E-state index in [0.717, 1.165) is 36.8 Å². The van der Waals surface area contributed by atoms with E-state index in [4.69, 9.17) is 0 Å². The predicted octanol–water partition coefficient (Wildman–Crippen LogP) is 6.68. The molecule has 5 heteroatoms. The topological polar surface area (TPSA) is 95.2 Å². The van der Waals surface area contributed by atoms with Gasteiger partial charge in [-0.25, -0.2) is 0 Å². The quantitative estimate of drug-likeness (QED) is 0.429. The highest BCUT2D eigenvalue weighted by Gasteiger charge is 2.71. The van der Waals surface area contributed by atoms with Gasteiger partial charge in [0.2, 0.25) is 0 Å². The maximum atomic E-state index is 14.3. The largest absolute Gasteiger partial charge is 0.481 e. The summed E-state index contributed by atoms with van der Waals surface area (Å²) in [6.07, 6.45) is 7.14. The van der Waals surface area contributed by atoms with E-state index in [9.17, 15) is 24.8 Å². The summed E-state index contributed by atoms with van der Waals surface area (Å²) < 4.78 is 0. The maximum absolute atomic E-state index is 14.3. The minimum atomic E-state index is -0.832. The van der Waals surface area contributed by atoms with Crippen LogP contribution >= 0.6 is 0 Å². The van der Waals surface area contributed by atoms with Crippen molar-refractivity contribution in [1.82, 2.24) is 0 Å². The van der Waals surface area contributed by atoms with Gasteiger partial charge >= 0.3 is 5.97 Å².